The third-order valence-corrected chi connectivity index (χ3v) is 5.74. The first-order valence-electron chi connectivity index (χ1n) is 9.91. The lowest BCUT2D eigenvalue weighted by Gasteiger charge is -2.19. The van der Waals surface area contributed by atoms with Crippen molar-refractivity contribution in [1.82, 2.24) is 14.8 Å². The molecule has 0 aliphatic carbocycles. The van der Waals surface area contributed by atoms with Gasteiger partial charge in [-0.3, -0.25) is 0 Å². The standard InChI is InChI=1S/C23H29N3O2S/c1-5-26-21(17-9-7-6-8-10-17)24-25-22(26)29-16-19(27)15-28-20-13-11-18(12-14-20)23(2,3)4/h6-14,19,27H,5,15-16H2,1-4H3/t19-/m0/s1. The summed E-state index contributed by atoms with van der Waals surface area (Å²) in [5.74, 6) is 2.11. The van der Waals surface area contributed by atoms with E-state index in [0.717, 1.165) is 28.8 Å². The number of hydrogen-bond donors (Lipinski definition) is 1. The lowest BCUT2D eigenvalue weighted by molar-refractivity contribution is 0.126. The molecular weight excluding hydrogens is 382 g/mol. The molecule has 0 aliphatic heterocycles. The smallest absolute Gasteiger partial charge is 0.191 e. The van der Waals surface area contributed by atoms with Crippen molar-refractivity contribution >= 4 is 11.8 Å². The van der Waals surface area contributed by atoms with Crippen LogP contribution in [0.5, 0.6) is 5.75 Å². The van der Waals surface area contributed by atoms with Crippen LogP contribution in [0.2, 0.25) is 0 Å². The van der Waals surface area contributed by atoms with Gasteiger partial charge in [-0.25, -0.2) is 0 Å². The molecule has 3 aromatic rings. The summed E-state index contributed by atoms with van der Waals surface area (Å²) in [5.41, 5.74) is 2.41. The second-order valence-electron chi connectivity index (χ2n) is 7.97. The average molecular weight is 412 g/mol. The summed E-state index contributed by atoms with van der Waals surface area (Å²) in [6.45, 7) is 9.63. The van der Waals surface area contributed by atoms with Crippen LogP contribution in [0.15, 0.2) is 59.8 Å². The molecule has 0 bridgehead atoms. The van der Waals surface area contributed by atoms with Gasteiger partial charge in [-0.2, -0.15) is 0 Å². The SMILES string of the molecule is CCn1c(SC[C@@H](O)COc2ccc(C(C)(C)C)cc2)nnc1-c1ccccc1. The minimum absolute atomic E-state index is 0.114. The molecule has 0 spiro atoms. The van der Waals surface area contributed by atoms with E-state index >= 15 is 0 Å². The Balaban J connectivity index is 1.54. The maximum absolute atomic E-state index is 10.3. The summed E-state index contributed by atoms with van der Waals surface area (Å²) < 4.78 is 7.82. The molecule has 0 radical (unpaired) electrons. The summed E-state index contributed by atoms with van der Waals surface area (Å²) >= 11 is 1.50. The van der Waals surface area contributed by atoms with Crippen LogP contribution < -0.4 is 4.74 Å². The number of aromatic nitrogens is 3. The van der Waals surface area contributed by atoms with Crippen LogP contribution in [0.25, 0.3) is 11.4 Å². The highest BCUT2D eigenvalue weighted by Crippen LogP contribution is 2.26. The second kappa shape index (κ2) is 9.46. The third kappa shape index (κ3) is 5.61. The zero-order valence-corrected chi connectivity index (χ0v) is 18.3. The van der Waals surface area contributed by atoms with E-state index in [1.807, 2.05) is 42.5 Å². The van der Waals surface area contributed by atoms with Gasteiger partial charge in [-0.15, -0.1) is 10.2 Å². The van der Waals surface area contributed by atoms with Crippen molar-refractivity contribution in [3.05, 3.63) is 60.2 Å². The van der Waals surface area contributed by atoms with Crippen molar-refractivity contribution in [2.45, 2.75) is 50.9 Å². The Kier molecular flexibility index (Phi) is 6.98. The van der Waals surface area contributed by atoms with Gasteiger partial charge in [0.05, 0.1) is 6.10 Å². The summed E-state index contributed by atoms with van der Waals surface area (Å²) in [6, 6.07) is 18.1. The summed E-state index contributed by atoms with van der Waals surface area (Å²) in [5, 5.41) is 19.8. The van der Waals surface area contributed by atoms with E-state index in [9.17, 15) is 5.11 Å². The zero-order chi connectivity index (χ0) is 20.9. The molecule has 2 aromatic carbocycles. The molecule has 5 nitrogen and oxygen atoms in total. The van der Waals surface area contributed by atoms with Crippen molar-refractivity contribution in [2.75, 3.05) is 12.4 Å². The molecule has 0 fully saturated rings. The fourth-order valence-electron chi connectivity index (χ4n) is 2.94. The Bertz CT molecular complexity index is 902. The largest absolute Gasteiger partial charge is 0.491 e. The van der Waals surface area contributed by atoms with Gasteiger partial charge in [0.1, 0.15) is 12.4 Å². The highest BCUT2D eigenvalue weighted by Gasteiger charge is 2.16. The molecule has 6 heteroatoms. The number of benzene rings is 2. The predicted octanol–water partition coefficient (Wildman–Crippen LogP) is 4.79. The fourth-order valence-corrected chi connectivity index (χ4v) is 3.85. The first-order chi connectivity index (χ1) is 13.9. The minimum Gasteiger partial charge on any atom is -0.491 e. The van der Waals surface area contributed by atoms with Crippen molar-refractivity contribution < 1.29 is 9.84 Å². The number of ether oxygens (including phenoxy) is 1. The topological polar surface area (TPSA) is 60.2 Å². The summed E-state index contributed by atoms with van der Waals surface area (Å²) in [7, 11) is 0. The second-order valence-corrected chi connectivity index (χ2v) is 8.95. The quantitative estimate of drug-likeness (QED) is 0.540. The number of thioether (sulfide) groups is 1. The molecule has 1 heterocycles. The number of aliphatic hydroxyl groups is 1. The highest BCUT2D eigenvalue weighted by molar-refractivity contribution is 7.99. The van der Waals surface area contributed by atoms with E-state index in [2.05, 4.69) is 54.6 Å². The summed E-state index contributed by atoms with van der Waals surface area (Å²) in [4.78, 5) is 0. The molecule has 1 atom stereocenters. The van der Waals surface area contributed by atoms with E-state index in [0.29, 0.717) is 5.75 Å². The first-order valence-corrected chi connectivity index (χ1v) is 10.9. The Morgan fingerprint density at radius 1 is 1.03 bits per heavy atom. The van der Waals surface area contributed by atoms with Gasteiger partial charge < -0.3 is 14.4 Å². The van der Waals surface area contributed by atoms with Gasteiger partial charge >= 0.3 is 0 Å². The van der Waals surface area contributed by atoms with Crippen molar-refractivity contribution in [3.63, 3.8) is 0 Å². The Labute approximate surface area is 177 Å². The Morgan fingerprint density at radius 3 is 2.34 bits per heavy atom. The molecule has 0 amide bonds. The van der Waals surface area contributed by atoms with Crippen LogP contribution in [-0.2, 0) is 12.0 Å². The molecular formula is C23H29N3O2S. The lowest BCUT2D eigenvalue weighted by Crippen LogP contribution is -2.20. The van der Waals surface area contributed by atoms with Gasteiger partial charge in [0, 0.05) is 17.9 Å². The minimum atomic E-state index is -0.593. The van der Waals surface area contributed by atoms with E-state index < -0.39 is 6.10 Å². The monoisotopic (exact) mass is 411 g/mol. The number of hydrogen-bond acceptors (Lipinski definition) is 5. The van der Waals surface area contributed by atoms with Crippen LogP contribution in [-0.4, -0.2) is 38.3 Å². The Morgan fingerprint density at radius 2 is 1.72 bits per heavy atom. The number of nitrogens with zero attached hydrogens (tertiary/aromatic N) is 3. The van der Waals surface area contributed by atoms with Gasteiger partial charge in [0.25, 0.3) is 0 Å². The van der Waals surface area contributed by atoms with E-state index in [-0.39, 0.29) is 12.0 Å². The van der Waals surface area contributed by atoms with Gasteiger partial charge in [0.15, 0.2) is 11.0 Å². The lowest BCUT2D eigenvalue weighted by atomic mass is 9.87. The highest BCUT2D eigenvalue weighted by atomic mass is 32.2. The predicted molar refractivity (Wildman–Crippen MR) is 118 cm³/mol. The number of aliphatic hydroxyl groups excluding tert-OH is 1. The van der Waals surface area contributed by atoms with Gasteiger partial charge in [0.2, 0.25) is 0 Å². The van der Waals surface area contributed by atoms with Crippen LogP contribution in [0.4, 0.5) is 0 Å². The Hall–Kier alpha value is -2.31. The maximum Gasteiger partial charge on any atom is 0.191 e. The van der Waals surface area contributed by atoms with E-state index in [1.165, 1.54) is 17.3 Å². The molecule has 154 valence electrons. The molecule has 1 aromatic heterocycles. The van der Waals surface area contributed by atoms with Crippen LogP contribution in [0.1, 0.15) is 33.3 Å². The van der Waals surface area contributed by atoms with Crippen LogP contribution in [0, 0.1) is 0 Å². The maximum atomic E-state index is 10.3. The summed E-state index contributed by atoms with van der Waals surface area (Å²) in [6.07, 6.45) is -0.593. The zero-order valence-electron chi connectivity index (χ0n) is 17.5. The van der Waals surface area contributed by atoms with E-state index in [1.54, 1.807) is 0 Å². The molecule has 0 saturated heterocycles. The van der Waals surface area contributed by atoms with Gasteiger partial charge in [-0.05, 0) is 30.0 Å². The van der Waals surface area contributed by atoms with Crippen molar-refractivity contribution in [3.8, 4) is 17.1 Å². The molecule has 29 heavy (non-hydrogen) atoms. The van der Waals surface area contributed by atoms with Crippen LogP contribution >= 0.6 is 11.8 Å². The molecule has 0 aliphatic rings. The molecule has 1 N–H and O–H groups in total. The fraction of sp³-hybridized carbons (Fsp3) is 0.391. The average Bonchev–Trinajstić information content (AvgIpc) is 3.14. The molecule has 0 saturated carbocycles. The normalized spacial score (nSPS) is 12.7. The molecule has 3 rings (SSSR count). The number of rotatable bonds is 8. The van der Waals surface area contributed by atoms with Crippen LogP contribution in [0.3, 0.4) is 0 Å². The van der Waals surface area contributed by atoms with Gasteiger partial charge in [-0.1, -0.05) is 75.0 Å². The third-order valence-electron chi connectivity index (χ3n) is 4.63. The van der Waals surface area contributed by atoms with E-state index in [4.69, 9.17) is 4.74 Å². The van der Waals surface area contributed by atoms with Crippen molar-refractivity contribution in [2.24, 2.45) is 0 Å². The first kappa shape index (κ1) is 21.4. The molecule has 0 unspecified atom stereocenters. The van der Waals surface area contributed by atoms with Crippen molar-refractivity contribution in [1.29, 1.82) is 0 Å².